The maximum Gasteiger partial charge on any atom is 0.188 e. The summed E-state index contributed by atoms with van der Waals surface area (Å²) in [5.74, 6) is 1.10. The van der Waals surface area contributed by atoms with Gasteiger partial charge in [0.05, 0.1) is 5.84 Å². The van der Waals surface area contributed by atoms with Gasteiger partial charge in [-0.3, -0.25) is 9.98 Å². The van der Waals surface area contributed by atoms with Gasteiger partial charge in [0.1, 0.15) is 0 Å². The van der Waals surface area contributed by atoms with Gasteiger partial charge in [0, 0.05) is 21.1 Å². The van der Waals surface area contributed by atoms with E-state index in [-0.39, 0.29) is 7.43 Å². The molecule has 0 unspecified atom stereocenters. The highest BCUT2D eigenvalue weighted by atomic mass is 15.1. The Morgan fingerprint density at radius 3 is 1.50 bits per heavy atom. The maximum absolute atomic E-state index is 5.11. The third-order valence-electron chi connectivity index (χ3n) is 0.850. The van der Waals surface area contributed by atoms with Crippen molar-refractivity contribution in [3.63, 3.8) is 0 Å². The van der Waals surface area contributed by atoms with Crippen LogP contribution in [0, 0.1) is 0 Å². The zero-order chi connectivity index (χ0) is 9.28. The summed E-state index contributed by atoms with van der Waals surface area (Å²) in [5, 5.41) is 2.64. The van der Waals surface area contributed by atoms with Crippen LogP contribution in [-0.4, -0.2) is 32.9 Å². The lowest BCUT2D eigenvalue weighted by Gasteiger charge is -1.90. The Kier molecular flexibility index (Phi) is 17.6. The van der Waals surface area contributed by atoms with Crippen molar-refractivity contribution in [3.05, 3.63) is 0 Å². The smallest absolute Gasteiger partial charge is 0.188 e. The highest BCUT2D eigenvalue weighted by Crippen LogP contribution is 1.52. The Morgan fingerprint density at radius 1 is 1.17 bits per heavy atom. The predicted molar refractivity (Wildman–Crippen MR) is 56.6 cm³/mol. The van der Waals surface area contributed by atoms with Crippen molar-refractivity contribution in [1.29, 1.82) is 0 Å². The third kappa shape index (κ3) is 23.3. The van der Waals surface area contributed by atoms with Crippen molar-refractivity contribution in [2.24, 2.45) is 21.5 Å². The first kappa shape index (κ1) is 17.0. The first-order valence-corrected chi connectivity index (χ1v) is 3.17. The van der Waals surface area contributed by atoms with Gasteiger partial charge >= 0.3 is 0 Å². The fourth-order valence-electron chi connectivity index (χ4n) is 0.112. The van der Waals surface area contributed by atoms with Crippen molar-refractivity contribution in [1.82, 2.24) is 5.32 Å². The Labute approximate surface area is 75.0 Å². The zero-order valence-corrected chi connectivity index (χ0v) is 7.55. The number of hydrogen-bond donors (Lipinski definition) is 3. The molecule has 5 nitrogen and oxygen atoms in total. The van der Waals surface area contributed by atoms with Crippen LogP contribution >= 0.6 is 0 Å². The van der Waals surface area contributed by atoms with Crippen LogP contribution in [0.25, 0.3) is 0 Å². The molecule has 0 aromatic heterocycles. The minimum absolute atomic E-state index is 0. The van der Waals surface area contributed by atoms with Crippen molar-refractivity contribution in [2.75, 3.05) is 21.1 Å². The van der Waals surface area contributed by atoms with Gasteiger partial charge in [-0.15, -0.1) is 0 Å². The molecule has 0 aliphatic rings. The van der Waals surface area contributed by atoms with E-state index in [0.29, 0.717) is 11.8 Å². The van der Waals surface area contributed by atoms with Gasteiger partial charge in [-0.05, 0) is 6.92 Å². The second-order valence-corrected chi connectivity index (χ2v) is 1.72. The first-order chi connectivity index (χ1) is 5.08. The maximum atomic E-state index is 5.11. The van der Waals surface area contributed by atoms with Crippen LogP contribution in [0.2, 0.25) is 0 Å². The molecule has 0 bridgehead atoms. The average molecular weight is 175 g/mol. The minimum atomic E-state index is 0. The second kappa shape index (κ2) is 12.4. The van der Waals surface area contributed by atoms with Crippen LogP contribution in [0.1, 0.15) is 14.4 Å². The molecule has 5 heteroatoms. The van der Waals surface area contributed by atoms with Gasteiger partial charge in [0.2, 0.25) is 0 Å². The van der Waals surface area contributed by atoms with Gasteiger partial charge in [-0.1, -0.05) is 7.43 Å². The normalized spacial score (nSPS) is 10.7. The van der Waals surface area contributed by atoms with Crippen LogP contribution < -0.4 is 16.8 Å². The Bertz CT molecular complexity index is 135. The zero-order valence-electron chi connectivity index (χ0n) is 7.55. The SMILES string of the molecule is C.CN=C(C)N.CN=C(N)NC. The summed E-state index contributed by atoms with van der Waals surface area (Å²) in [6.07, 6.45) is 0. The first-order valence-electron chi connectivity index (χ1n) is 3.17. The molecule has 0 rings (SSSR count). The molecule has 0 aromatic rings. The van der Waals surface area contributed by atoms with Crippen molar-refractivity contribution in [2.45, 2.75) is 14.4 Å². The van der Waals surface area contributed by atoms with E-state index in [9.17, 15) is 0 Å². The van der Waals surface area contributed by atoms with Crippen molar-refractivity contribution in [3.8, 4) is 0 Å². The highest BCUT2D eigenvalue weighted by molar-refractivity contribution is 5.77. The number of guanidine groups is 1. The lowest BCUT2D eigenvalue weighted by molar-refractivity contribution is 1.12. The number of hydrogen-bond acceptors (Lipinski definition) is 2. The topological polar surface area (TPSA) is 88.8 Å². The fourth-order valence-corrected chi connectivity index (χ4v) is 0.112. The predicted octanol–water partition coefficient (Wildman–Crippen LogP) is -0.220. The Morgan fingerprint density at radius 2 is 1.50 bits per heavy atom. The lowest BCUT2D eigenvalue weighted by Crippen LogP contribution is -2.27. The number of nitrogens with two attached hydrogens (primary N) is 2. The van der Waals surface area contributed by atoms with E-state index in [1.54, 1.807) is 28.1 Å². The summed E-state index contributed by atoms with van der Waals surface area (Å²) < 4.78 is 0. The molecule has 0 amide bonds. The number of rotatable bonds is 0. The molecule has 0 saturated heterocycles. The molecule has 12 heavy (non-hydrogen) atoms. The van der Waals surface area contributed by atoms with E-state index in [2.05, 4.69) is 15.3 Å². The van der Waals surface area contributed by atoms with Crippen LogP contribution in [-0.2, 0) is 0 Å². The van der Waals surface area contributed by atoms with Gasteiger partial charge in [-0.2, -0.15) is 0 Å². The summed E-state index contributed by atoms with van der Waals surface area (Å²) in [6, 6.07) is 0. The fraction of sp³-hybridized carbons (Fsp3) is 0.714. The van der Waals surface area contributed by atoms with Gasteiger partial charge < -0.3 is 16.8 Å². The van der Waals surface area contributed by atoms with E-state index in [4.69, 9.17) is 11.5 Å². The van der Waals surface area contributed by atoms with Crippen LogP contribution in [0.5, 0.6) is 0 Å². The molecule has 0 spiro atoms. The van der Waals surface area contributed by atoms with E-state index >= 15 is 0 Å². The van der Waals surface area contributed by atoms with E-state index < -0.39 is 0 Å². The second-order valence-electron chi connectivity index (χ2n) is 1.72. The number of nitrogens with zero attached hydrogens (tertiary/aromatic N) is 2. The average Bonchev–Trinajstić information content (AvgIpc) is 2.04. The Balaban J connectivity index is -0.000000126. The highest BCUT2D eigenvalue weighted by Gasteiger charge is 1.71. The summed E-state index contributed by atoms with van der Waals surface area (Å²) in [6.45, 7) is 1.75. The quantitative estimate of drug-likeness (QED) is 0.351. The minimum Gasteiger partial charge on any atom is -0.388 e. The van der Waals surface area contributed by atoms with Crippen molar-refractivity contribution < 1.29 is 0 Å². The van der Waals surface area contributed by atoms with E-state index in [0.717, 1.165) is 0 Å². The van der Waals surface area contributed by atoms with Crippen LogP contribution in [0.3, 0.4) is 0 Å². The summed E-state index contributed by atoms with van der Waals surface area (Å²) in [5.41, 5.74) is 10.2. The standard InChI is InChI=1S/C3H9N3.C3H8N2.CH4/c1-5-3(4)6-2;1-3(4)5-2;/h1-2H3,(H3,4,5,6);1-2H3,(H2,4,5);1H4. The number of amidine groups is 1. The monoisotopic (exact) mass is 175 g/mol. The molecule has 0 fully saturated rings. The van der Waals surface area contributed by atoms with Crippen LogP contribution in [0.4, 0.5) is 0 Å². The molecule has 0 aliphatic heterocycles. The van der Waals surface area contributed by atoms with E-state index in [1.165, 1.54) is 0 Å². The van der Waals surface area contributed by atoms with Crippen LogP contribution in [0.15, 0.2) is 9.98 Å². The number of aliphatic imine (C=N–C) groups is 2. The summed E-state index contributed by atoms with van der Waals surface area (Å²) in [4.78, 5) is 7.17. The molecule has 5 N–H and O–H groups in total. The largest absolute Gasteiger partial charge is 0.388 e. The number of nitrogens with one attached hydrogen (secondary N) is 1. The van der Waals surface area contributed by atoms with Gasteiger partial charge in [-0.25, -0.2) is 0 Å². The molecular weight excluding hydrogens is 154 g/mol. The molecule has 0 saturated carbocycles. The molecular formula is C7H21N5. The molecule has 0 heterocycles. The Hall–Kier alpha value is -1.26. The molecule has 0 aliphatic carbocycles. The van der Waals surface area contributed by atoms with Gasteiger partial charge in [0.25, 0.3) is 0 Å². The molecule has 0 atom stereocenters. The third-order valence-corrected chi connectivity index (χ3v) is 0.850. The molecule has 0 radical (unpaired) electrons. The lowest BCUT2D eigenvalue weighted by atomic mass is 10.7. The summed E-state index contributed by atoms with van der Waals surface area (Å²) in [7, 11) is 5.02. The van der Waals surface area contributed by atoms with E-state index in [1.807, 2.05) is 0 Å². The molecule has 0 aromatic carbocycles. The summed E-state index contributed by atoms with van der Waals surface area (Å²) >= 11 is 0. The molecule has 74 valence electrons. The van der Waals surface area contributed by atoms with Gasteiger partial charge in [0.15, 0.2) is 5.96 Å². The van der Waals surface area contributed by atoms with Crippen molar-refractivity contribution >= 4 is 11.8 Å².